The van der Waals surface area contributed by atoms with Crippen molar-refractivity contribution in [2.75, 3.05) is 41.7 Å². The molecule has 0 amide bonds. The number of nitrogens with zero attached hydrogens (tertiary/aromatic N) is 2. The fraction of sp³-hybridized carbons (Fsp3) is 0.395. The van der Waals surface area contributed by atoms with Crippen LogP contribution in [-0.2, 0) is 11.1 Å². The van der Waals surface area contributed by atoms with Crippen molar-refractivity contribution in [2.45, 2.75) is 61.8 Å². The van der Waals surface area contributed by atoms with Crippen molar-refractivity contribution in [3.05, 3.63) is 106 Å². The Labute approximate surface area is 272 Å². The number of hydrogen-bond acceptors (Lipinski definition) is 5. The first-order valence-corrected chi connectivity index (χ1v) is 17.1. The van der Waals surface area contributed by atoms with E-state index in [0.717, 1.165) is 70.8 Å². The summed E-state index contributed by atoms with van der Waals surface area (Å²) in [5.41, 5.74) is 7.96. The maximum absolute atomic E-state index is 13.0. The summed E-state index contributed by atoms with van der Waals surface area (Å²) in [4.78, 5) is 17.5. The molecule has 6 nitrogen and oxygen atoms in total. The normalized spacial score (nSPS) is 13.2. The first kappa shape index (κ1) is 35.8. The summed E-state index contributed by atoms with van der Waals surface area (Å²) in [6.45, 7) is 24.5. The number of benzene rings is 2. The van der Waals surface area contributed by atoms with E-state index in [1.54, 1.807) is 0 Å². The quantitative estimate of drug-likeness (QED) is 0.109. The summed E-state index contributed by atoms with van der Waals surface area (Å²) < 4.78 is 26.0. The van der Waals surface area contributed by atoms with E-state index in [9.17, 15) is 9.00 Å². The highest BCUT2D eigenvalue weighted by atomic mass is 32.2. The average Bonchev–Trinajstić information content (AvgIpc) is 2.98. The largest absolute Gasteiger partial charge is 0.422 e. The molecule has 0 aliphatic heterocycles. The molecule has 45 heavy (non-hydrogen) atoms. The van der Waals surface area contributed by atoms with E-state index in [1.807, 2.05) is 37.3 Å². The van der Waals surface area contributed by atoms with Crippen molar-refractivity contribution in [2.24, 2.45) is 5.41 Å². The lowest BCUT2D eigenvalue weighted by Gasteiger charge is -2.24. The minimum atomic E-state index is -1.78. The highest BCUT2D eigenvalue weighted by molar-refractivity contribution is 7.79. The van der Waals surface area contributed by atoms with Gasteiger partial charge in [-0.25, -0.2) is 9.00 Å². The molecule has 0 bridgehead atoms. The van der Waals surface area contributed by atoms with Gasteiger partial charge in [-0.2, -0.15) is 0 Å². The van der Waals surface area contributed by atoms with Gasteiger partial charge in [0.25, 0.3) is 0 Å². The van der Waals surface area contributed by atoms with Crippen molar-refractivity contribution in [1.29, 1.82) is 0 Å². The van der Waals surface area contributed by atoms with Crippen molar-refractivity contribution in [3.8, 4) is 0 Å². The minimum Gasteiger partial charge on any atom is -0.422 e. The Balaban J connectivity index is 1.95. The topological polar surface area (TPSA) is 74.0 Å². The molecule has 242 valence electrons. The van der Waals surface area contributed by atoms with E-state index in [-0.39, 0.29) is 16.8 Å². The lowest BCUT2D eigenvalue weighted by atomic mass is 9.85. The standard InChI is InChI=1S/C38H50N2O4S/c1-10-39(11-2)32-19-21-34-29(6)35(37(41)44-36(34)26-32)17-14-13-16-30(25-28(5)38(7,8)9)33-20-18-31(24-27(33)4)40(12-3)22-15-23-45(42)43/h13-14,16-21,24-26H,5,10-12,15,22-23H2,1-4,6-9H3,(H,42,43)/b16-13+,17-14+,30-25-. The predicted octanol–water partition coefficient (Wildman–Crippen LogP) is 8.95. The Morgan fingerprint density at radius 2 is 1.62 bits per heavy atom. The molecule has 1 atom stereocenters. The SMILES string of the molecule is C=C(/C=C(/C=C/C=C/c1c(C)c2ccc(N(CC)CC)cc2oc1=O)c1ccc(N(CC)CCCS(=O)O)cc1C)C(C)(C)C. The Morgan fingerprint density at radius 3 is 2.22 bits per heavy atom. The van der Waals surface area contributed by atoms with E-state index in [2.05, 4.69) is 101 Å². The number of anilines is 2. The van der Waals surface area contributed by atoms with Gasteiger partial charge in [0.1, 0.15) is 5.58 Å². The summed E-state index contributed by atoms with van der Waals surface area (Å²) in [5, 5.41) is 0.928. The summed E-state index contributed by atoms with van der Waals surface area (Å²) >= 11 is -1.78. The van der Waals surface area contributed by atoms with E-state index < -0.39 is 11.1 Å². The van der Waals surface area contributed by atoms with Gasteiger partial charge in [-0.1, -0.05) is 57.7 Å². The van der Waals surface area contributed by atoms with Crippen LogP contribution in [0.2, 0.25) is 0 Å². The minimum absolute atomic E-state index is 0.0963. The maximum atomic E-state index is 13.0. The van der Waals surface area contributed by atoms with Crippen LogP contribution in [0.3, 0.4) is 0 Å². The van der Waals surface area contributed by atoms with Gasteiger partial charge in [0.05, 0.1) is 11.3 Å². The highest BCUT2D eigenvalue weighted by Crippen LogP contribution is 2.31. The Morgan fingerprint density at radius 1 is 0.978 bits per heavy atom. The van der Waals surface area contributed by atoms with Crippen molar-refractivity contribution >= 4 is 45.1 Å². The number of allylic oxidation sites excluding steroid dienone is 6. The zero-order valence-electron chi connectivity index (χ0n) is 28.3. The third kappa shape index (κ3) is 9.41. The van der Waals surface area contributed by atoms with Gasteiger partial charge >= 0.3 is 5.63 Å². The average molecular weight is 631 g/mol. The second kappa shape index (κ2) is 16.1. The van der Waals surface area contributed by atoms with Crippen LogP contribution in [0.4, 0.5) is 11.4 Å². The zero-order valence-corrected chi connectivity index (χ0v) is 29.1. The lowest BCUT2D eigenvalue weighted by molar-refractivity contribution is 0.519. The fourth-order valence-corrected chi connectivity index (χ4v) is 5.66. The first-order chi connectivity index (χ1) is 21.3. The van der Waals surface area contributed by atoms with Gasteiger partial charge in [-0.3, -0.25) is 0 Å². The van der Waals surface area contributed by atoms with Crippen LogP contribution in [-0.4, -0.2) is 40.7 Å². The molecule has 2 aromatic carbocycles. The molecule has 0 saturated heterocycles. The molecule has 1 heterocycles. The third-order valence-electron chi connectivity index (χ3n) is 8.28. The van der Waals surface area contributed by atoms with Crippen LogP contribution in [0, 0.1) is 19.3 Å². The summed E-state index contributed by atoms with van der Waals surface area (Å²) in [6.07, 6.45) is 10.5. The number of rotatable bonds is 14. The molecular formula is C38H50N2O4S. The second-order valence-corrected chi connectivity index (χ2v) is 13.4. The molecule has 7 heteroatoms. The van der Waals surface area contributed by atoms with Gasteiger partial charge in [0.2, 0.25) is 0 Å². The monoisotopic (exact) mass is 630 g/mol. The van der Waals surface area contributed by atoms with Crippen LogP contribution in [0.5, 0.6) is 0 Å². The first-order valence-electron chi connectivity index (χ1n) is 15.8. The number of hydrogen-bond donors (Lipinski definition) is 1. The highest BCUT2D eigenvalue weighted by Gasteiger charge is 2.15. The van der Waals surface area contributed by atoms with Gasteiger partial charge in [-0.15, -0.1) is 0 Å². The van der Waals surface area contributed by atoms with E-state index in [1.165, 1.54) is 0 Å². The molecule has 0 aliphatic carbocycles. The molecule has 3 rings (SSSR count). The zero-order chi connectivity index (χ0) is 33.3. The molecule has 0 radical (unpaired) electrons. The molecule has 3 aromatic rings. The third-order valence-corrected chi connectivity index (χ3v) is 8.92. The number of aryl methyl sites for hydroxylation is 2. The molecule has 1 aromatic heterocycles. The molecule has 0 aliphatic rings. The Hall–Kier alpha value is -3.68. The van der Waals surface area contributed by atoms with Crippen molar-refractivity contribution < 1.29 is 13.2 Å². The number of fused-ring (bicyclic) bond motifs is 1. The van der Waals surface area contributed by atoms with Gasteiger partial charge in [-0.05, 0) is 105 Å². The van der Waals surface area contributed by atoms with Crippen LogP contribution in [0.1, 0.15) is 70.2 Å². The molecule has 0 saturated carbocycles. The summed E-state index contributed by atoms with van der Waals surface area (Å²) in [6, 6.07) is 12.5. The van der Waals surface area contributed by atoms with Gasteiger partial charge in [0.15, 0.2) is 11.1 Å². The Kier molecular flexibility index (Phi) is 12.8. The van der Waals surface area contributed by atoms with Crippen LogP contribution >= 0.6 is 0 Å². The van der Waals surface area contributed by atoms with Gasteiger partial charge in [0, 0.05) is 49.0 Å². The smallest absolute Gasteiger partial charge is 0.343 e. The van der Waals surface area contributed by atoms with Crippen molar-refractivity contribution in [3.63, 3.8) is 0 Å². The molecule has 0 spiro atoms. The molecular weight excluding hydrogens is 580 g/mol. The van der Waals surface area contributed by atoms with E-state index >= 15 is 0 Å². The van der Waals surface area contributed by atoms with E-state index in [0.29, 0.717) is 17.6 Å². The van der Waals surface area contributed by atoms with Crippen LogP contribution in [0.15, 0.2) is 82.1 Å². The summed E-state index contributed by atoms with van der Waals surface area (Å²) in [5.74, 6) is 0.270. The van der Waals surface area contributed by atoms with E-state index in [4.69, 9.17) is 8.97 Å². The molecule has 1 N–H and O–H groups in total. The fourth-order valence-electron chi connectivity index (χ4n) is 5.28. The maximum Gasteiger partial charge on any atom is 0.343 e. The van der Waals surface area contributed by atoms with Crippen LogP contribution in [0.25, 0.3) is 22.6 Å². The predicted molar refractivity (Wildman–Crippen MR) is 195 cm³/mol. The molecule has 0 fully saturated rings. The lowest BCUT2D eigenvalue weighted by Crippen LogP contribution is -2.25. The summed E-state index contributed by atoms with van der Waals surface area (Å²) in [7, 11) is 0. The Bertz CT molecular complexity index is 1670. The second-order valence-electron chi connectivity index (χ2n) is 12.3. The van der Waals surface area contributed by atoms with Gasteiger partial charge < -0.3 is 18.8 Å². The van der Waals surface area contributed by atoms with Crippen molar-refractivity contribution in [1.82, 2.24) is 0 Å². The molecule has 1 unspecified atom stereocenters. The van der Waals surface area contributed by atoms with Crippen LogP contribution < -0.4 is 15.4 Å².